The SMILES string of the molecule is NC(N)(C=O)CN1C(=O)C=CC1=O. The first kappa shape index (κ1) is 9.56. The average Bonchev–Trinajstić information content (AvgIpc) is 2.36. The van der Waals surface area contributed by atoms with Crippen molar-refractivity contribution in [2.45, 2.75) is 5.66 Å². The summed E-state index contributed by atoms with van der Waals surface area (Å²) in [6.45, 7) is -0.304. The van der Waals surface area contributed by atoms with Crippen molar-refractivity contribution in [1.29, 1.82) is 0 Å². The van der Waals surface area contributed by atoms with Gasteiger partial charge in [0.05, 0.1) is 6.54 Å². The smallest absolute Gasteiger partial charge is 0.253 e. The van der Waals surface area contributed by atoms with Crippen LogP contribution in [0.25, 0.3) is 0 Å². The van der Waals surface area contributed by atoms with Gasteiger partial charge in [-0.25, -0.2) is 0 Å². The number of nitrogens with zero attached hydrogens (tertiary/aromatic N) is 1. The summed E-state index contributed by atoms with van der Waals surface area (Å²) in [6, 6.07) is 0. The highest BCUT2D eigenvalue weighted by Crippen LogP contribution is 2.05. The van der Waals surface area contributed by atoms with E-state index in [1.165, 1.54) is 0 Å². The zero-order valence-corrected chi connectivity index (χ0v) is 6.77. The van der Waals surface area contributed by atoms with Gasteiger partial charge in [0.1, 0.15) is 5.66 Å². The largest absolute Gasteiger partial charge is 0.306 e. The summed E-state index contributed by atoms with van der Waals surface area (Å²) in [5.74, 6) is -1.01. The van der Waals surface area contributed by atoms with Gasteiger partial charge in [0, 0.05) is 12.2 Å². The summed E-state index contributed by atoms with van der Waals surface area (Å²) in [5, 5.41) is 0. The van der Waals surface area contributed by atoms with E-state index in [1.807, 2.05) is 0 Å². The maximum atomic E-state index is 11.0. The van der Waals surface area contributed by atoms with E-state index in [0.717, 1.165) is 17.1 Å². The number of nitrogens with two attached hydrogens (primary N) is 2. The summed E-state index contributed by atoms with van der Waals surface area (Å²) in [6.07, 6.45) is 2.50. The number of imide groups is 1. The second kappa shape index (κ2) is 3.08. The van der Waals surface area contributed by atoms with Crippen LogP contribution in [0.2, 0.25) is 0 Å². The Hall–Kier alpha value is -1.53. The molecule has 0 atom stereocenters. The molecule has 0 saturated heterocycles. The van der Waals surface area contributed by atoms with Crippen molar-refractivity contribution in [3.63, 3.8) is 0 Å². The quantitative estimate of drug-likeness (QED) is 0.291. The molecule has 0 saturated carbocycles. The second-order valence-electron chi connectivity index (χ2n) is 2.83. The van der Waals surface area contributed by atoms with Crippen molar-refractivity contribution in [3.05, 3.63) is 12.2 Å². The van der Waals surface area contributed by atoms with Crippen molar-refractivity contribution < 1.29 is 14.4 Å². The van der Waals surface area contributed by atoms with Crippen LogP contribution in [0.3, 0.4) is 0 Å². The molecule has 4 N–H and O–H groups in total. The van der Waals surface area contributed by atoms with Gasteiger partial charge in [0.25, 0.3) is 11.8 Å². The van der Waals surface area contributed by atoms with Crippen LogP contribution in [0, 0.1) is 0 Å². The molecule has 0 bridgehead atoms. The van der Waals surface area contributed by atoms with Crippen LogP contribution in [-0.4, -0.2) is 35.2 Å². The fourth-order valence-corrected chi connectivity index (χ4v) is 0.898. The van der Waals surface area contributed by atoms with Gasteiger partial charge in [-0.2, -0.15) is 0 Å². The van der Waals surface area contributed by atoms with E-state index in [9.17, 15) is 14.4 Å². The number of amides is 2. The number of aldehydes is 1. The fraction of sp³-hybridized carbons (Fsp3) is 0.286. The van der Waals surface area contributed by atoms with Gasteiger partial charge >= 0.3 is 0 Å². The monoisotopic (exact) mass is 183 g/mol. The van der Waals surface area contributed by atoms with E-state index < -0.39 is 17.5 Å². The normalized spacial score (nSPS) is 16.9. The molecule has 6 nitrogen and oxygen atoms in total. The molecule has 6 heteroatoms. The first-order chi connectivity index (χ1) is 5.96. The molecule has 0 spiro atoms. The lowest BCUT2D eigenvalue weighted by atomic mass is 10.2. The number of hydrogen-bond donors (Lipinski definition) is 2. The number of carbonyl (C=O) groups excluding carboxylic acids is 3. The lowest BCUT2D eigenvalue weighted by Crippen LogP contribution is -2.59. The third-order valence-corrected chi connectivity index (χ3v) is 1.55. The average molecular weight is 183 g/mol. The summed E-state index contributed by atoms with van der Waals surface area (Å²) in [7, 11) is 0. The Labute approximate surface area is 74.2 Å². The highest BCUT2D eigenvalue weighted by Gasteiger charge is 2.30. The van der Waals surface area contributed by atoms with Gasteiger partial charge in [-0.15, -0.1) is 0 Å². The highest BCUT2D eigenvalue weighted by atomic mass is 16.2. The maximum absolute atomic E-state index is 11.0. The molecule has 0 aliphatic carbocycles. The van der Waals surface area contributed by atoms with Crippen LogP contribution in [0.1, 0.15) is 0 Å². The van der Waals surface area contributed by atoms with Crippen molar-refractivity contribution >= 4 is 18.1 Å². The molecular weight excluding hydrogens is 174 g/mol. The molecule has 70 valence electrons. The van der Waals surface area contributed by atoms with E-state index in [1.54, 1.807) is 0 Å². The van der Waals surface area contributed by atoms with Gasteiger partial charge in [-0.3, -0.25) is 19.3 Å². The van der Waals surface area contributed by atoms with E-state index >= 15 is 0 Å². The summed E-state index contributed by atoms with van der Waals surface area (Å²) in [5.41, 5.74) is 8.84. The standard InChI is InChI=1S/C7H9N3O3/c8-7(9,4-11)3-10-5(12)1-2-6(10)13/h1-2,4H,3,8-9H2. The predicted molar refractivity (Wildman–Crippen MR) is 43.0 cm³/mol. The molecule has 0 radical (unpaired) electrons. The van der Waals surface area contributed by atoms with Crippen molar-refractivity contribution in [2.24, 2.45) is 11.5 Å². The fourth-order valence-electron chi connectivity index (χ4n) is 0.898. The third-order valence-electron chi connectivity index (χ3n) is 1.55. The molecule has 0 aromatic carbocycles. The van der Waals surface area contributed by atoms with Gasteiger partial charge in [-0.1, -0.05) is 0 Å². The Balaban J connectivity index is 2.70. The molecule has 1 heterocycles. The zero-order valence-electron chi connectivity index (χ0n) is 6.77. The minimum atomic E-state index is -1.67. The Morgan fingerprint density at radius 3 is 2.15 bits per heavy atom. The Kier molecular flexibility index (Phi) is 2.26. The summed E-state index contributed by atoms with van der Waals surface area (Å²) < 4.78 is 0. The van der Waals surface area contributed by atoms with Crippen molar-refractivity contribution in [2.75, 3.05) is 6.54 Å². The Morgan fingerprint density at radius 1 is 1.31 bits per heavy atom. The van der Waals surface area contributed by atoms with Crippen LogP contribution in [-0.2, 0) is 14.4 Å². The van der Waals surface area contributed by atoms with Crippen molar-refractivity contribution in [3.8, 4) is 0 Å². The predicted octanol–water partition coefficient (Wildman–Crippen LogP) is -2.28. The molecule has 0 aromatic rings. The molecule has 2 amide bonds. The zero-order chi connectivity index (χ0) is 10.1. The minimum absolute atomic E-state index is 0.298. The minimum Gasteiger partial charge on any atom is -0.306 e. The summed E-state index contributed by atoms with van der Waals surface area (Å²) >= 11 is 0. The van der Waals surface area contributed by atoms with Crippen LogP contribution in [0.5, 0.6) is 0 Å². The van der Waals surface area contributed by atoms with Crippen LogP contribution in [0.4, 0.5) is 0 Å². The first-order valence-electron chi connectivity index (χ1n) is 3.54. The lowest BCUT2D eigenvalue weighted by Gasteiger charge is -2.22. The first-order valence-corrected chi connectivity index (χ1v) is 3.54. The molecule has 1 aliphatic rings. The topological polar surface area (TPSA) is 106 Å². The van der Waals surface area contributed by atoms with Crippen LogP contribution >= 0.6 is 0 Å². The van der Waals surface area contributed by atoms with E-state index in [-0.39, 0.29) is 6.54 Å². The molecule has 13 heavy (non-hydrogen) atoms. The van der Waals surface area contributed by atoms with Crippen LogP contribution in [0.15, 0.2) is 12.2 Å². The van der Waals surface area contributed by atoms with Crippen molar-refractivity contribution in [1.82, 2.24) is 4.90 Å². The van der Waals surface area contributed by atoms with Gasteiger partial charge < -0.3 is 11.5 Å². The third kappa shape index (κ3) is 1.98. The Morgan fingerprint density at radius 2 is 1.77 bits per heavy atom. The Bertz CT molecular complexity index is 277. The number of carbonyl (C=O) groups is 3. The van der Waals surface area contributed by atoms with Gasteiger partial charge in [0.2, 0.25) is 0 Å². The maximum Gasteiger partial charge on any atom is 0.253 e. The van der Waals surface area contributed by atoms with Gasteiger partial charge in [0.15, 0.2) is 6.29 Å². The van der Waals surface area contributed by atoms with E-state index in [2.05, 4.69) is 0 Å². The van der Waals surface area contributed by atoms with E-state index in [4.69, 9.17) is 11.5 Å². The molecule has 0 aromatic heterocycles. The summed E-state index contributed by atoms with van der Waals surface area (Å²) in [4.78, 5) is 33.1. The highest BCUT2D eigenvalue weighted by molar-refractivity contribution is 6.13. The molecule has 1 rings (SSSR count). The van der Waals surface area contributed by atoms with E-state index in [0.29, 0.717) is 6.29 Å². The van der Waals surface area contributed by atoms with Crippen LogP contribution < -0.4 is 11.5 Å². The molecule has 0 unspecified atom stereocenters. The lowest BCUT2D eigenvalue weighted by molar-refractivity contribution is -0.138. The van der Waals surface area contributed by atoms with Gasteiger partial charge in [-0.05, 0) is 0 Å². The second-order valence-corrected chi connectivity index (χ2v) is 2.83. The number of rotatable bonds is 3. The molecule has 0 fully saturated rings. The number of hydrogen-bond acceptors (Lipinski definition) is 5. The molecule has 1 aliphatic heterocycles. The molecular formula is C7H9N3O3.